The summed E-state index contributed by atoms with van der Waals surface area (Å²) < 4.78 is 6.77. The molecule has 0 saturated carbocycles. The van der Waals surface area contributed by atoms with E-state index < -0.39 is 0 Å². The van der Waals surface area contributed by atoms with Crippen molar-refractivity contribution in [2.24, 2.45) is 0 Å². The third kappa shape index (κ3) is 3.13. The van der Waals surface area contributed by atoms with Gasteiger partial charge in [-0.05, 0) is 41.0 Å². The summed E-state index contributed by atoms with van der Waals surface area (Å²) in [6.07, 6.45) is 5.71. The second-order valence-electron chi connectivity index (χ2n) is 9.15. The monoisotopic (exact) mass is 412 g/mol. The molecule has 3 aliphatic rings. The van der Waals surface area contributed by atoms with Gasteiger partial charge in [-0.1, -0.05) is 61.5 Å². The number of piperidine rings is 1. The van der Waals surface area contributed by atoms with Crippen molar-refractivity contribution in [1.82, 2.24) is 10.4 Å². The van der Waals surface area contributed by atoms with Crippen LogP contribution in [0.4, 0.5) is 0 Å². The van der Waals surface area contributed by atoms with Crippen LogP contribution in [0.3, 0.4) is 0 Å². The number of nitrogens with zero attached hydrogens (tertiary/aromatic N) is 1. The number of hydrogen-bond donors (Lipinski definition) is 2. The van der Waals surface area contributed by atoms with E-state index in [-0.39, 0.29) is 11.8 Å². The third-order valence-corrected chi connectivity index (χ3v) is 7.22. The summed E-state index contributed by atoms with van der Waals surface area (Å²) in [7, 11) is 0. The number of benzene rings is 3. The van der Waals surface area contributed by atoms with Gasteiger partial charge in [0, 0.05) is 5.56 Å². The quantitative estimate of drug-likeness (QED) is 0.683. The number of ether oxygens (including phenoxy) is 1. The van der Waals surface area contributed by atoms with E-state index in [0.717, 1.165) is 31.7 Å². The van der Waals surface area contributed by atoms with Gasteiger partial charge >= 0.3 is 0 Å². The average molecular weight is 413 g/mol. The minimum atomic E-state index is -0.286. The van der Waals surface area contributed by atoms with Crippen molar-refractivity contribution in [2.75, 3.05) is 19.6 Å². The highest BCUT2D eigenvalue weighted by atomic mass is 16.5. The zero-order chi connectivity index (χ0) is 20.8. The maximum atomic E-state index is 6.77. The Kier molecular flexibility index (Phi) is 4.51. The molecule has 4 nitrogen and oxygen atoms in total. The number of rotatable bonds is 3. The molecule has 0 radical (unpaired) electrons. The van der Waals surface area contributed by atoms with Crippen LogP contribution in [0.1, 0.15) is 43.4 Å². The molecular weight excluding hydrogens is 382 g/mol. The highest BCUT2D eigenvalue weighted by Crippen LogP contribution is 2.47. The van der Waals surface area contributed by atoms with Gasteiger partial charge in [0.25, 0.3) is 0 Å². The lowest BCUT2D eigenvalue weighted by atomic mass is 9.92. The van der Waals surface area contributed by atoms with Crippen molar-refractivity contribution in [3.05, 3.63) is 83.9 Å². The molecule has 0 amide bonds. The Bertz CT molecular complexity index is 1150. The SMILES string of the molecule is CCC[NH+]1CCC2(CC1)Oc1ccccc1[C@@H]1C=C(c3ccc4ccccc4c3)NN12. The maximum absolute atomic E-state index is 6.77. The fraction of sp³-hybridized carbons (Fsp3) is 0.333. The third-order valence-electron chi connectivity index (χ3n) is 7.22. The Morgan fingerprint density at radius 1 is 1.00 bits per heavy atom. The molecule has 0 bridgehead atoms. The van der Waals surface area contributed by atoms with Gasteiger partial charge in [0.2, 0.25) is 0 Å². The number of hydrogen-bond acceptors (Lipinski definition) is 3. The van der Waals surface area contributed by atoms with Crippen LogP contribution in [0, 0.1) is 0 Å². The number of likely N-dealkylation sites (tertiary alicyclic amines) is 1. The molecule has 1 saturated heterocycles. The number of quaternary nitrogens is 1. The van der Waals surface area contributed by atoms with Gasteiger partial charge < -0.3 is 15.1 Å². The molecule has 6 rings (SSSR count). The van der Waals surface area contributed by atoms with E-state index in [1.54, 1.807) is 4.90 Å². The molecule has 3 aromatic carbocycles. The van der Waals surface area contributed by atoms with Gasteiger partial charge in [-0.2, -0.15) is 5.01 Å². The van der Waals surface area contributed by atoms with Crippen molar-refractivity contribution in [1.29, 1.82) is 0 Å². The predicted molar refractivity (Wildman–Crippen MR) is 125 cm³/mol. The number of fused-ring (bicyclic) bond motifs is 5. The Morgan fingerprint density at radius 2 is 1.77 bits per heavy atom. The molecule has 0 aliphatic carbocycles. The number of hydrazine groups is 1. The van der Waals surface area contributed by atoms with Crippen LogP contribution in [0.5, 0.6) is 5.75 Å². The lowest BCUT2D eigenvalue weighted by Crippen LogP contribution is -3.14. The molecule has 2 N–H and O–H groups in total. The van der Waals surface area contributed by atoms with E-state index >= 15 is 0 Å². The van der Waals surface area contributed by atoms with Crippen LogP contribution in [0.25, 0.3) is 16.5 Å². The molecular formula is C27H30N3O+. The van der Waals surface area contributed by atoms with Gasteiger partial charge in [0.05, 0.1) is 44.2 Å². The molecule has 31 heavy (non-hydrogen) atoms. The van der Waals surface area contributed by atoms with Crippen LogP contribution in [-0.2, 0) is 0 Å². The zero-order valence-corrected chi connectivity index (χ0v) is 18.1. The molecule has 0 unspecified atom stereocenters. The topological polar surface area (TPSA) is 28.9 Å². The van der Waals surface area contributed by atoms with Crippen molar-refractivity contribution in [3.8, 4) is 5.75 Å². The Hall–Kier alpha value is -2.82. The minimum absolute atomic E-state index is 0.194. The van der Waals surface area contributed by atoms with Gasteiger partial charge in [0.1, 0.15) is 5.75 Å². The summed E-state index contributed by atoms with van der Waals surface area (Å²) in [5.41, 5.74) is 7.16. The van der Waals surface area contributed by atoms with Gasteiger partial charge in [0.15, 0.2) is 5.72 Å². The Morgan fingerprint density at radius 3 is 2.61 bits per heavy atom. The molecule has 3 aliphatic heterocycles. The fourth-order valence-electron chi connectivity index (χ4n) is 5.58. The first kappa shape index (κ1) is 18.9. The molecule has 1 spiro atoms. The van der Waals surface area contributed by atoms with Gasteiger partial charge in [-0.25, -0.2) is 0 Å². The first-order valence-corrected chi connectivity index (χ1v) is 11.6. The second-order valence-corrected chi connectivity index (χ2v) is 9.15. The number of nitrogens with one attached hydrogen (secondary N) is 2. The Labute approximate surface area is 184 Å². The van der Waals surface area contributed by atoms with Crippen molar-refractivity contribution in [3.63, 3.8) is 0 Å². The normalized spacial score (nSPS) is 27.3. The van der Waals surface area contributed by atoms with Crippen LogP contribution in [0.2, 0.25) is 0 Å². The highest BCUT2D eigenvalue weighted by Gasteiger charge is 2.52. The Balaban J connectivity index is 1.37. The van der Waals surface area contributed by atoms with Gasteiger partial charge in [-0.15, -0.1) is 0 Å². The lowest BCUT2D eigenvalue weighted by molar-refractivity contribution is -0.908. The summed E-state index contributed by atoms with van der Waals surface area (Å²) in [5, 5.41) is 4.96. The summed E-state index contributed by atoms with van der Waals surface area (Å²) in [6, 6.07) is 24.1. The summed E-state index contributed by atoms with van der Waals surface area (Å²) in [4.78, 5) is 1.70. The van der Waals surface area contributed by atoms with E-state index in [0.29, 0.717) is 0 Å². The smallest absolute Gasteiger partial charge is 0.191 e. The van der Waals surface area contributed by atoms with Crippen molar-refractivity contribution >= 4 is 16.5 Å². The minimum Gasteiger partial charge on any atom is -0.470 e. The first-order chi connectivity index (χ1) is 15.3. The fourth-order valence-corrected chi connectivity index (χ4v) is 5.58. The van der Waals surface area contributed by atoms with E-state index in [9.17, 15) is 0 Å². The van der Waals surface area contributed by atoms with Crippen LogP contribution >= 0.6 is 0 Å². The van der Waals surface area contributed by atoms with E-state index in [1.807, 2.05) is 0 Å². The van der Waals surface area contributed by atoms with E-state index in [4.69, 9.17) is 4.74 Å². The van der Waals surface area contributed by atoms with Crippen LogP contribution < -0.4 is 15.1 Å². The van der Waals surface area contributed by atoms with E-state index in [1.165, 1.54) is 40.6 Å². The summed E-state index contributed by atoms with van der Waals surface area (Å²) >= 11 is 0. The molecule has 4 heteroatoms. The average Bonchev–Trinajstić information content (AvgIpc) is 3.28. The molecule has 3 aromatic rings. The maximum Gasteiger partial charge on any atom is 0.191 e. The largest absolute Gasteiger partial charge is 0.470 e. The number of para-hydroxylation sites is 1. The molecule has 1 atom stereocenters. The zero-order valence-electron chi connectivity index (χ0n) is 18.1. The summed E-state index contributed by atoms with van der Waals surface area (Å²) in [5.74, 6) is 1.04. The van der Waals surface area contributed by atoms with Crippen LogP contribution in [0.15, 0.2) is 72.8 Å². The molecule has 3 heterocycles. The standard InChI is InChI=1S/C27H29N3O/c1-2-15-29-16-13-27(14-17-29)30-25(23-9-5-6-10-26(23)31-27)19-24(28-30)22-12-11-20-7-3-4-8-21(20)18-22/h3-12,18-19,25,28H,2,13-17H2,1H3/p+1/t25-/m0/s1. The summed E-state index contributed by atoms with van der Waals surface area (Å²) in [6.45, 7) is 5.85. The van der Waals surface area contributed by atoms with Gasteiger partial charge in [-0.3, -0.25) is 0 Å². The lowest BCUT2D eigenvalue weighted by Gasteiger charge is -2.50. The van der Waals surface area contributed by atoms with Crippen LogP contribution in [-0.4, -0.2) is 30.4 Å². The molecule has 0 aromatic heterocycles. The second kappa shape index (κ2) is 7.40. The first-order valence-electron chi connectivity index (χ1n) is 11.6. The van der Waals surface area contributed by atoms with Crippen molar-refractivity contribution < 1.29 is 9.64 Å². The predicted octanol–water partition coefficient (Wildman–Crippen LogP) is 3.92. The van der Waals surface area contributed by atoms with E-state index in [2.05, 4.69) is 90.2 Å². The highest BCUT2D eigenvalue weighted by molar-refractivity contribution is 5.86. The molecule has 158 valence electrons. The molecule has 1 fully saturated rings. The van der Waals surface area contributed by atoms with Crippen molar-refractivity contribution in [2.45, 2.75) is 38.0 Å².